The minimum Gasteiger partial charge on any atom is -0.364 e. The average molecular weight is 293 g/mol. The smallest absolute Gasteiger partial charge is 0.129 e. The first-order valence-corrected chi connectivity index (χ1v) is 8.06. The highest BCUT2D eigenvalue weighted by atomic mass is 16.1. The van der Waals surface area contributed by atoms with Crippen molar-refractivity contribution < 1.29 is 4.79 Å². The zero-order chi connectivity index (χ0) is 15.5. The molecular formula is C20H23NO. The van der Waals surface area contributed by atoms with Crippen LogP contribution >= 0.6 is 0 Å². The number of Topliss-reactive ketones (excluding diaryl/α,β-unsaturated/α-hetero) is 1. The van der Waals surface area contributed by atoms with E-state index in [1.807, 2.05) is 0 Å². The van der Waals surface area contributed by atoms with Crippen LogP contribution in [0.5, 0.6) is 0 Å². The first kappa shape index (κ1) is 14.8. The molecule has 2 aromatic rings. The molecule has 0 amide bonds. The molecule has 0 spiro atoms. The minimum atomic E-state index is 0.271. The highest BCUT2D eigenvalue weighted by Gasteiger charge is 2.27. The van der Waals surface area contributed by atoms with Gasteiger partial charge in [0.25, 0.3) is 0 Å². The second-order valence-corrected chi connectivity index (χ2v) is 6.19. The lowest BCUT2D eigenvalue weighted by molar-refractivity contribution is -0.117. The Morgan fingerprint density at radius 2 is 1.86 bits per heavy atom. The van der Waals surface area contributed by atoms with Crippen LogP contribution < -0.4 is 4.90 Å². The largest absolute Gasteiger partial charge is 0.364 e. The summed E-state index contributed by atoms with van der Waals surface area (Å²) in [5, 5.41) is 0. The fourth-order valence-corrected chi connectivity index (χ4v) is 3.48. The van der Waals surface area contributed by atoms with Crippen LogP contribution in [-0.4, -0.2) is 12.3 Å². The maximum Gasteiger partial charge on any atom is 0.129 e. The number of benzene rings is 2. The molecule has 0 fully saturated rings. The zero-order valence-corrected chi connectivity index (χ0v) is 13.4. The molecule has 0 radical (unpaired) electrons. The predicted molar refractivity (Wildman–Crippen MR) is 91.3 cm³/mol. The molecule has 0 bridgehead atoms. The topological polar surface area (TPSA) is 20.3 Å². The normalized spacial score (nSPS) is 17.2. The minimum absolute atomic E-state index is 0.271. The van der Waals surface area contributed by atoms with Crippen molar-refractivity contribution in [3.63, 3.8) is 0 Å². The maximum atomic E-state index is 11.5. The number of hydrogen-bond donors (Lipinski definition) is 0. The van der Waals surface area contributed by atoms with Gasteiger partial charge in [0.05, 0.1) is 6.04 Å². The lowest BCUT2D eigenvalue weighted by Gasteiger charge is -2.40. The third kappa shape index (κ3) is 2.92. The van der Waals surface area contributed by atoms with E-state index in [0.29, 0.717) is 12.5 Å². The van der Waals surface area contributed by atoms with Crippen LogP contribution in [0.2, 0.25) is 0 Å². The lowest BCUT2D eigenvalue weighted by atomic mass is 9.88. The predicted octanol–water partition coefficient (Wildman–Crippen LogP) is 4.47. The Hall–Kier alpha value is -2.09. The molecule has 0 aromatic heterocycles. The molecule has 1 unspecified atom stereocenters. The maximum absolute atomic E-state index is 11.5. The number of hydrogen-bond acceptors (Lipinski definition) is 2. The highest BCUT2D eigenvalue weighted by molar-refractivity contribution is 5.75. The third-order valence-corrected chi connectivity index (χ3v) is 4.61. The molecule has 0 saturated carbocycles. The quantitative estimate of drug-likeness (QED) is 0.829. The summed E-state index contributed by atoms with van der Waals surface area (Å²) in [6.45, 7) is 4.87. The molecule has 2 heteroatoms. The van der Waals surface area contributed by atoms with Gasteiger partial charge in [0, 0.05) is 18.7 Å². The second-order valence-electron chi connectivity index (χ2n) is 6.19. The van der Waals surface area contributed by atoms with Crippen LogP contribution in [0.1, 0.15) is 42.5 Å². The Morgan fingerprint density at radius 1 is 1.14 bits per heavy atom. The van der Waals surface area contributed by atoms with Gasteiger partial charge in [-0.1, -0.05) is 42.5 Å². The lowest BCUT2D eigenvalue weighted by Crippen LogP contribution is -2.36. The molecule has 1 aliphatic rings. The van der Waals surface area contributed by atoms with Crippen molar-refractivity contribution in [2.24, 2.45) is 0 Å². The van der Waals surface area contributed by atoms with Gasteiger partial charge < -0.3 is 9.69 Å². The van der Waals surface area contributed by atoms with Gasteiger partial charge in [-0.2, -0.15) is 0 Å². The molecule has 0 saturated heterocycles. The van der Waals surface area contributed by atoms with E-state index in [2.05, 4.69) is 60.4 Å². The van der Waals surface area contributed by atoms with E-state index in [1.165, 1.54) is 22.4 Å². The Morgan fingerprint density at radius 3 is 2.64 bits per heavy atom. The highest BCUT2D eigenvalue weighted by Crippen LogP contribution is 2.37. The van der Waals surface area contributed by atoms with Crippen LogP contribution in [-0.2, 0) is 11.2 Å². The summed E-state index contributed by atoms with van der Waals surface area (Å²) in [6.07, 6.45) is 2.60. The van der Waals surface area contributed by atoms with E-state index >= 15 is 0 Å². The zero-order valence-electron chi connectivity index (χ0n) is 13.4. The van der Waals surface area contributed by atoms with Gasteiger partial charge in [-0.3, -0.25) is 0 Å². The van der Waals surface area contributed by atoms with Gasteiger partial charge in [-0.05, 0) is 49.4 Å². The summed E-state index contributed by atoms with van der Waals surface area (Å²) < 4.78 is 0. The Bertz CT molecular complexity index is 677. The first-order valence-electron chi connectivity index (χ1n) is 8.06. The summed E-state index contributed by atoms with van der Waals surface area (Å²) in [7, 11) is 0. The van der Waals surface area contributed by atoms with E-state index in [9.17, 15) is 4.79 Å². The molecule has 1 aliphatic heterocycles. The van der Waals surface area contributed by atoms with Gasteiger partial charge in [0.15, 0.2) is 0 Å². The van der Waals surface area contributed by atoms with Gasteiger partial charge in [0.1, 0.15) is 5.78 Å². The summed E-state index contributed by atoms with van der Waals surface area (Å²) >= 11 is 0. The van der Waals surface area contributed by atoms with Gasteiger partial charge in [-0.25, -0.2) is 0 Å². The summed E-state index contributed by atoms with van der Waals surface area (Å²) in [5.41, 5.74) is 5.42. The number of carbonyl (C=O) groups is 1. The monoisotopic (exact) mass is 293 g/mol. The number of ketones is 1. The summed E-state index contributed by atoms with van der Waals surface area (Å²) in [6, 6.07) is 17.5. The van der Waals surface area contributed by atoms with Crippen LogP contribution in [0.25, 0.3) is 0 Å². The van der Waals surface area contributed by atoms with Crippen molar-refractivity contribution in [3.05, 3.63) is 65.2 Å². The standard InChI is InChI=1S/C20H23NO/c1-15-7-3-6-10-19(15)21-14-13-17-8-4-5-9-18(17)20(21)12-11-16(2)22/h3-10,20H,11-14H2,1-2H3. The van der Waals surface area contributed by atoms with Crippen LogP contribution in [0, 0.1) is 6.92 Å². The Kier molecular flexibility index (Phi) is 4.28. The summed E-state index contributed by atoms with van der Waals surface area (Å²) in [5.74, 6) is 0.271. The van der Waals surface area contributed by atoms with Crippen LogP contribution in [0.15, 0.2) is 48.5 Å². The second kappa shape index (κ2) is 6.35. The van der Waals surface area contributed by atoms with Gasteiger partial charge >= 0.3 is 0 Å². The number of nitrogens with zero attached hydrogens (tertiary/aromatic N) is 1. The molecular weight excluding hydrogens is 270 g/mol. The molecule has 1 heterocycles. The van der Waals surface area contributed by atoms with Crippen LogP contribution in [0.3, 0.4) is 0 Å². The Labute approximate surface area is 132 Å². The number of anilines is 1. The number of aryl methyl sites for hydroxylation is 1. The van der Waals surface area contributed by atoms with Crippen molar-refractivity contribution in [2.75, 3.05) is 11.4 Å². The van der Waals surface area contributed by atoms with E-state index in [-0.39, 0.29) is 5.78 Å². The fourth-order valence-electron chi connectivity index (χ4n) is 3.48. The van der Waals surface area contributed by atoms with Crippen molar-refractivity contribution >= 4 is 11.5 Å². The fraction of sp³-hybridized carbons (Fsp3) is 0.350. The molecule has 22 heavy (non-hydrogen) atoms. The molecule has 0 aliphatic carbocycles. The molecule has 3 rings (SSSR count). The van der Waals surface area contributed by atoms with Gasteiger partial charge in [-0.15, -0.1) is 0 Å². The van der Waals surface area contributed by atoms with Crippen molar-refractivity contribution in [1.82, 2.24) is 0 Å². The molecule has 0 N–H and O–H groups in total. The average Bonchev–Trinajstić information content (AvgIpc) is 2.53. The molecule has 114 valence electrons. The van der Waals surface area contributed by atoms with E-state index in [1.54, 1.807) is 6.92 Å². The van der Waals surface area contributed by atoms with Crippen molar-refractivity contribution in [3.8, 4) is 0 Å². The number of para-hydroxylation sites is 1. The number of fused-ring (bicyclic) bond motifs is 1. The van der Waals surface area contributed by atoms with Gasteiger partial charge in [0.2, 0.25) is 0 Å². The molecule has 2 nitrogen and oxygen atoms in total. The molecule has 2 aromatic carbocycles. The van der Waals surface area contributed by atoms with Crippen molar-refractivity contribution in [1.29, 1.82) is 0 Å². The van der Waals surface area contributed by atoms with E-state index < -0.39 is 0 Å². The van der Waals surface area contributed by atoms with E-state index in [0.717, 1.165) is 19.4 Å². The SMILES string of the molecule is CC(=O)CCC1c2ccccc2CCN1c1ccccc1C. The summed E-state index contributed by atoms with van der Waals surface area (Å²) in [4.78, 5) is 14.0. The number of carbonyl (C=O) groups excluding carboxylic acids is 1. The number of rotatable bonds is 4. The molecule has 1 atom stereocenters. The van der Waals surface area contributed by atoms with Crippen molar-refractivity contribution in [2.45, 2.75) is 39.2 Å². The third-order valence-electron chi connectivity index (χ3n) is 4.61. The van der Waals surface area contributed by atoms with Crippen LogP contribution in [0.4, 0.5) is 5.69 Å². The first-order chi connectivity index (χ1) is 10.7. The van der Waals surface area contributed by atoms with E-state index in [4.69, 9.17) is 0 Å². The Balaban J connectivity index is 1.99.